The first kappa shape index (κ1) is 16.4. The number of aromatic nitrogens is 1. The van der Waals surface area contributed by atoms with E-state index in [0.29, 0.717) is 5.89 Å². The van der Waals surface area contributed by atoms with Crippen molar-refractivity contribution in [2.24, 2.45) is 0 Å². The number of para-hydroxylation sites is 1. The van der Waals surface area contributed by atoms with E-state index in [2.05, 4.69) is 24.0 Å². The van der Waals surface area contributed by atoms with Crippen molar-refractivity contribution in [3.05, 3.63) is 48.0 Å². The topological polar surface area (TPSA) is 44.5 Å². The minimum atomic E-state index is -0.465. The summed E-state index contributed by atoms with van der Waals surface area (Å²) in [5.74, 6) is 0.610. The lowest BCUT2D eigenvalue weighted by Crippen LogP contribution is -2.41. The Morgan fingerprint density at radius 1 is 0.880 bits per heavy atom. The first-order valence-corrected chi connectivity index (χ1v) is 8.59. The molecule has 3 aromatic rings. The summed E-state index contributed by atoms with van der Waals surface area (Å²) in [6, 6.07) is 14.0. The van der Waals surface area contributed by atoms with Gasteiger partial charge in [0.1, 0.15) is 5.52 Å². The number of fused-ring (bicyclic) bond motifs is 1. The zero-order valence-corrected chi connectivity index (χ0v) is 15.3. The molecule has 0 aliphatic carbocycles. The van der Waals surface area contributed by atoms with Crippen LogP contribution >= 0.6 is 0 Å². The van der Waals surface area contributed by atoms with Gasteiger partial charge < -0.3 is 13.7 Å². The molecule has 0 saturated carbocycles. The predicted octanol–water partition coefficient (Wildman–Crippen LogP) is 4.10. The lowest BCUT2D eigenvalue weighted by atomic mass is 9.78. The van der Waals surface area contributed by atoms with Crippen LogP contribution in [0.25, 0.3) is 22.6 Å². The molecule has 1 aliphatic heterocycles. The predicted molar refractivity (Wildman–Crippen MR) is 99.9 cm³/mol. The first-order valence-electron chi connectivity index (χ1n) is 8.59. The number of hydrogen-bond donors (Lipinski definition) is 0. The molecule has 128 valence electrons. The van der Waals surface area contributed by atoms with Crippen molar-refractivity contribution < 1.29 is 13.7 Å². The van der Waals surface area contributed by atoms with Crippen molar-refractivity contribution in [1.82, 2.24) is 4.98 Å². The summed E-state index contributed by atoms with van der Waals surface area (Å²) < 4.78 is 18.5. The number of aryl methyl sites for hydroxylation is 1. The second-order valence-corrected chi connectivity index (χ2v) is 7.67. The molecular formula is C20H22BNO3. The van der Waals surface area contributed by atoms with E-state index in [0.717, 1.165) is 22.1 Å². The number of benzene rings is 2. The van der Waals surface area contributed by atoms with Gasteiger partial charge in [0, 0.05) is 11.0 Å². The van der Waals surface area contributed by atoms with Crippen molar-refractivity contribution in [2.75, 3.05) is 0 Å². The normalized spacial score (nSPS) is 18.8. The molecule has 1 aliphatic rings. The van der Waals surface area contributed by atoms with E-state index in [1.54, 1.807) is 0 Å². The van der Waals surface area contributed by atoms with Crippen LogP contribution in [0.3, 0.4) is 0 Å². The minimum absolute atomic E-state index is 0.389. The van der Waals surface area contributed by atoms with Crippen LogP contribution in [-0.4, -0.2) is 23.3 Å². The summed E-state index contributed by atoms with van der Waals surface area (Å²) in [6.45, 7) is 10.2. The molecule has 4 rings (SSSR count). The van der Waals surface area contributed by atoms with E-state index < -0.39 is 7.12 Å². The van der Waals surface area contributed by atoms with E-state index in [-0.39, 0.29) is 11.2 Å². The van der Waals surface area contributed by atoms with Gasteiger partial charge in [-0.15, -0.1) is 0 Å². The monoisotopic (exact) mass is 335 g/mol. The number of rotatable bonds is 2. The lowest BCUT2D eigenvalue weighted by molar-refractivity contribution is 0.00578. The summed E-state index contributed by atoms with van der Waals surface area (Å²) >= 11 is 0. The van der Waals surface area contributed by atoms with Gasteiger partial charge >= 0.3 is 7.12 Å². The molecule has 0 bridgehead atoms. The molecule has 0 unspecified atom stereocenters. The zero-order valence-electron chi connectivity index (χ0n) is 15.3. The third-order valence-electron chi connectivity index (χ3n) is 5.25. The molecule has 25 heavy (non-hydrogen) atoms. The number of nitrogens with zero attached hydrogens (tertiary/aromatic N) is 1. The highest BCUT2D eigenvalue weighted by Gasteiger charge is 2.52. The maximum absolute atomic E-state index is 6.18. The second-order valence-electron chi connectivity index (χ2n) is 7.67. The quantitative estimate of drug-likeness (QED) is 0.662. The van der Waals surface area contributed by atoms with Crippen LogP contribution in [0, 0.1) is 6.92 Å². The molecule has 0 radical (unpaired) electrons. The van der Waals surface area contributed by atoms with Crippen LogP contribution in [0.2, 0.25) is 0 Å². The van der Waals surface area contributed by atoms with Gasteiger partial charge in [0.05, 0.1) is 11.2 Å². The summed E-state index contributed by atoms with van der Waals surface area (Å²) in [5, 5.41) is 0. The number of hydrogen-bond acceptors (Lipinski definition) is 4. The SMILES string of the molecule is Cc1ccc(-c2nc3cccc(B4OC(C)(C)C(C)(C)O4)c3o2)cc1. The Morgan fingerprint density at radius 3 is 2.16 bits per heavy atom. The summed E-state index contributed by atoms with van der Waals surface area (Å²) in [7, 11) is -0.465. The lowest BCUT2D eigenvalue weighted by Gasteiger charge is -2.32. The molecule has 4 nitrogen and oxygen atoms in total. The van der Waals surface area contributed by atoms with Gasteiger partial charge in [0.25, 0.3) is 0 Å². The van der Waals surface area contributed by atoms with Crippen molar-refractivity contribution in [2.45, 2.75) is 45.8 Å². The van der Waals surface area contributed by atoms with Crippen molar-refractivity contribution in [1.29, 1.82) is 0 Å². The van der Waals surface area contributed by atoms with Crippen LogP contribution in [0.15, 0.2) is 46.9 Å². The maximum Gasteiger partial charge on any atom is 0.498 e. The fourth-order valence-electron chi connectivity index (χ4n) is 2.95. The van der Waals surface area contributed by atoms with E-state index in [1.165, 1.54) is 5.56 Å². The van der Waals surface area contributed by atoms with Gasteiger partial charge in [-0.1, -0.05) is 29.8 Å². The Bertz CT molecular complexity index is 912. The van der Waals surface area contributed by atoms with E-state index in [4.69, 9.17) is 13.7 Å². The highest BCUT2D eigenvalue weighted by atomic mass is 16.7. The maximum atomic E-state index is 6.18. The Balaban J connectivity index is 1.78. The van der Waals surface area contributed by atoms with Crippen LogP contribution in [0.4, 0.5) is 0 Å². The molecule has 0 N–H and O–H groups in total. The van der Waals surface area contributed by atoms with Gasteiger partial charge in [-0.25, -0.2) is 4.98 Å². The Hall–Kier alpha value is -2.11. The van der Waals surface area contributed by atoms with E-state index in [9.17, 15) is 0 Å². The van der Waals surface area contributed by atoms with E-state index >= 15 is 0 Å². The first-order chi connectivity index (χ1) is 11.8. The largest absolute Gasteiger partial charge is 0.498 e. The third-order valence-corrected chi connectivity index (χ3v) is 5.25. The molecule has 0 spiro atoms. The highest BCUT2D eigenvalue weighted by molar-refractivity contribution is 6.64. The Kier molecular flexibility index (Phi) is 3.57. The van der Waals surface area contributed by atoms with Crippen LogP contribution in [0.5, 0.6) is 0 Å². The van der Waals surface area contributed by atoms with Crippen LogP contribution < -0.4 is 5.46 Å². The molecule has 1 aromatic heterocycles. The minimum Gasteiger partial charge on any atom is -0.436 e. The van der Waals surface area contributed by atoms with Crippen LogP contribution in [0.1, 0.15) is 33.3 Å². The van der Waals surface area contributed by atoms with Gasteiger partial charge in [-0.05, 0) is 52.8 Å². The fourth-order valence-corrected chi connectivity index (χ4v) is 2.95. The molecule has 0 atom stereocenters. The Labute approximate surface area is 148 Å². The summed E-state index contributed by atoms with van der Waals surface area (Å²) in [5.41, 5.74) is 3.79. The zero-order chi connectivity index (χ0) is 17.8. The second kappa shape index (κ2) is 5.45. The molecule has 1 fully saturated rings. The molecular weight excluding hydrogens is 313 g/mol. The Morgan fingerprint density at radius 2 is 1.52 bits per heavy atom. The average Bonchev–Trinajstić information content (AvgIpc) is 3.06. The highest BCUT2D eigenvalue weighted by Crippen LogP contribution is 2.37. The summed E-state index contributed by atoms with van der Waals surface area (Å²) in [4.78, 5) is 4.64. The standard InChI is InChI=1S/C20H22BNO3/c1-13-9-11-14(12-10-13)18-22-16-8-6-7-15(17(16)23-18)21-24-19(2,3)20(4,5)25-21/h6-12H,1-5H3. The number of oxazole rings is 1. The molecule has 2 heterocycles. The van der Waals surface area contributed by atoms with E-state index in [1.807, 2.05) is 58.0 Å². The van der Waals surface area contributed by atoms with Gasteiger partial charge in [0.2, 0.25) is 5.89 Å². The van der Waals surface area contributed by atoms with Gasteiger partial charge in [-0.2, -0.15) is 0 Å². The van der Waals surface area contributed by atoms with Gasteiger partial charge in [0.15, 0.2) is 5.58 Å². The smallest absolute Gasteiger partial charge is 0.436 e. The van der Waals surface area contributed by atoms with Crippen LogP contribution in [-0.2, 0) is 9.31 Å². The third kappa shape index (κ3) is 2.68. The van der Waals surface area contributed by atoms with Crippen molar-refractivity contribution in [3.63, 3.8) is 0 Å². The molecule has 2 aromatic carbocycles. The average molecular weight is 335 g/mol. The molecule has 5 heteroatoms. The van der Waals surface area contributed by atoms with Crippen molar-refractivity contribution in [3.8, 4) is 11.5 Å². The summed E-state index contributed by atoms with van der Waals surface area (Å²) in [6.07, 6.45) is 0. The fraction of sp³-hybridized carbons (Fsp3) is 0.350. The molecule has 1 saturated heterocycles. The van der Waals surface area contributed by atoms with Gasteiger partial charge in [-0.3, -0.25) is 0 Å². The van der Waals surface area contributed by atoms with Crippen molar-refractivity contribution >= 4 is 23.7 Å². The molecule has 0 amide bonds.